The predicted molar refractivity (Wildman–Crippen MR) is 226 cm³/mol. The van der Waals surface area contributed by atoms with Gasteiger partial charge in [0.25, 0.3) is 0 Å². The first kappa shape index (κ1) is 30.6. The first-order valence-electron chi connectivity index (χ1n) is 18.7. The van der Waals surface area contributed by atoms with Crippen molar-refractivity contribution < 1.29 is 8.83 Å². The third-order valence-electron chi connectivity index (χ3n) is 10.9. The molecule has 0 radical (unpaired) electrons. The zero-order valence-electron chi connectivity index (χ0n) is 29.9. The van der Waals surface area contributed by atoms with Crippen LogP contribution < -0.4 is 0 Å². The Balaban J connectivity index is 0.00000168. The van der Waals surface area contributed by atoms with E-state index in [2.05, 4.69) is 167 Å². The second kappa shape index (κ2) is 11.7. The van der Waals surface area contributed by atoms with Crippen LogP contribution in [0, 0.1) is 0 Å². The van der Waals surface area contributed by atoms with Crippen molar-refractivity contribution >= 4 is 87.5 Å². The van der Waals surface area contributed by atoms with Gasteiger partial charge in [0.2, 0.25) is 0 Å². The van der Waals surface area contributed by atoms with E-state index in [1.807, 2.05) is 26.0 Å². The lowest BCUT2D eigenvalue weighted by atomic mass is 10.0. The van der Waals surface area contributed by atoms with E-state index in [0.29, 0.717) is 0 Å². The molecule has 0 aliphatic carbocycles. The van der Waals surface area contributed by atoms with Gasteiger partial charge in [-0.25, -0.2) is 0 Å². The summed E-state index contributed by atoms with van der Waals surface area (Å²) in [5, 5.41) is 9.38. The number of rotatable bonds is 3. The molecule has 0 unspecified atom stereocenters. The van der Waals surface area contributed by atoms with Gasteiger partial charge in [0.05, 0.1) is 27.8 Å². The Morgan fingerprint density at radius 2 is 0.833 bits per heavy atom. The fourth-order valence-corrected chi connectivity index (χ4v) is 8.61. The van der Waals surface area contributed by atoms with E-state index in [0.717, 1.165) is 77.4 Å². The summed E-state index contributed by atoms with van der Waals surface area (Å²) in [6.07, 6.45) is 0. The van der Waals surface area contributed by atoms with E-state index < -0.39 is 0 Å². The molecule has 0 aliphatic heterocycles. The minimum Gasteiger partial charge on any atom is -0.456 e. The summed E-state index contributed by atoms with van der Waals surface area (Å²) in [4.78, 5) is 0. The molecule has 12 aromatic rings. The summed E-state index contributed by atoms with van der Waals surface area (Å²) >= 11 is 0. The molecule has 0 atom stereocenters. The maximum Gasteiger partial charge on any atom is 0.159 e. The molecule has 0 bridgehead atoms. The third-order valence-corrected chi connectivity index (χ3v) is 10.9. The highest BCUT2D eigenvalue weighted by Crippen LogP contribution is 2.41. The Bertz CT molecular complexity index is 3370. The second-order valence-electron chi connectivity index (χ2n) is 13.7. The zero-order valence-corrected chi connectivity index (χ0v) is 29.9. The largest absolute Gasteiger partial charge is 0.456 e. The molecule has 12 rings (SSSR count). The van der Waals surface area contributed by atoms with Crippen LogP contribution in [-0.2, 0) is 0 Å². The van der Waals surface area contributed by atoms with Gasteiger partial charge in [-0.1, -0.05) is 111 Å². The molecule has 0 N–H and O–H groups in total. The van der Waals surface area contributed by atoms with Gasteiger partial charge in [-0.15, -0.1) is 0 Å². The highest BCUT2D eigenvalue weighted by Gasteiger charge is 2.19. The molecular weight excluding hydrogens is 661 g/mol. The molecule has 0 amide bonds. The normalized spacial score (nSPS) is 11.9. The van der Waals surface area contributed by atoms with Crippen LogP contribution in [0.3, 0.4) is 0 Å². The van der Waals surface area contributed by atoms with Crippen molar-refractivity contribution in [2.45, 2.75) is 13.8 Å². The lowest BCUT2D eigenvalue weighted by Crippen LogP contribution is -1.94. The van der Waals surface area contributed by atoms with Gasteiger partial charge in [-0.3, -0.25) is 0 Å². The molecule has 4 heterocycles. The third kappa shape index (κ3) is 4.31. The zero-order chi connectivity index (χ0) is 35.9. The van der Waals surface area contributed by atoms with Crippen LogP contribution in [0.4, 0.5) is 0 Å². The average molecular weight is 695 g/mol. The smallest absolute Gasteiger partial charge is 0.159 e. The van der Waals surface area contributed by atoms with Crippen LogP contribution in [0.25, 0.3) is 110 Å². The van der Waals surface area contributed by atoms with E-state index in [9.17, 15) is 0 Å². The summed E-state index contributed by atoms with van der Waals surface area (Å²) in [7, 11) is 0. The van der Waals surface area contributed by atoms with Crippen molar-refractivity contribution in [2.75, 3.05) is 0 Å². The Hall–Kier alpha value is -7.04. The molecule has 0 aliphatic rings. The van der Waals surface area contributed by atoms with E-state index >= 15 is 0 Å². The summed E-state index contributed by atoms with van der Waals surface area (Å²) in [6, 6.07) is 60.6. The van der Waals surface area contributed by atoms with Crippen molar-refractivity contribution in [1.82, 2.24) is 9.13 Å². The minimum absolute atomic E-state index is 0.884. The first-order chi connectivity index (χ1) is 26.8. The molecule has 0 saturated carbocycles. The maximum absolute atomic E-state index is 6.51. The van der Waals surface area contributed by atoms with Gasteiger partial charge in [0.15, 0.2) is 5.58 Å². The molecular formula is C50H34N2O2. The topological polar surface area (TPSA) is 36.1 Å². The van der Waals surface area contributed by atoms with Crippen LogP contribution in [0.15, 0.2) is 179 Å². The maximum atomic E-state index is 6.51. The van der Waals surface area contributed by atoms with E-state index in [1.54, 1.807) is 0 Å². The summed E-state index contributed by atoms with van der Waals surface area (Å²) in [5.41, 5.74) is 12.7. The van der Waals surface area contributed by atoms with E-state index in [4.69, 9.17) is 8.83 Å². The van der Waals surface area contributed by atoms with Gasteiger partial charge in [-0.05, 0) is 83.9 Å². The lowest BCUT2D eigenvalue weighted by molar-refractivity contribution is 0.666. The highest BCUT2D eigenvalue weighted by atomic mass is 16.3. The number of nitrogens with zero attached hydrogens (tertiary/aromatic N) is 2. The van der Waals surface area contributed by atoms with Gasteiger partial charge in [0.1, 0.15) is 16.7 Å². The van der Waals surface area contributed by atoms with E-state index in [-0.39, 0.29) is 0 Å². The molecule has 8 aromatic carbocycles. The van der Waals surface area contributed by atoms with Crippen LogP contribution in [-0.4, -0.2) is 9.13 Å². The molecule has 0 saturated heterocycles. The summed E-state index contributed by atoms with van der Waals surface area (Å²) in [6.45, 7) is 4.00. The van der Waals surface area contributed by atoms with Crippen molar-refractivity contribution in [3.05, 3.63) is 170 Å². The highest BCUT2D eigenvalue weighted by molar-refractivity contribution is 6.14. The first-order valence-corrected chi connectivity index (χ1v) is 18.7. The fourth-order valence-electron chi connectivity index (χ4n) is 8.61. The Morgan fingerprint density at radius 1 is 0.333 bits per heavy atom. The van der Waals surface area contributed by atoms with Gasteiger partial charge in [-0.2, -0.15) is 0 Å². The Morgan fingerprint density at radius 3 is 1.56 bits per heavy atom. The average Bonchev–Trinajstić information content (AvgIpc) is 3.99. The molecule has 54 heavy (non-hydrogen) atoms. The van der Waals surface area contributed by atoms with Crippen LogP contribution in [0.5, 0.6) is 0 Å². The molecule has 4 nitrogen and oxygen atoms in total. The van der Waals surface area contributed by atoms with Gasteiger partial charge >= 0.3 is 0 Å². The van der Waals surface area contributed by atoms with Crippen molar-refractivity contribution in [3.8, 4) is 22.5 Å². The number of aromatic nitrogens is 2. The van der Waals surface area contributed by atoms with Crippen LogP contribution in [0.2, 0.25) is 0 Å². The molecule has 256 valence electrons. The quantitative estimate of drug-likeness (QED) is 0.185. The molecule has 0 fully saturated rings. The Labute approximate surface area is 310 Å². The number of hydrogen-bond donors (Lipinski definition) is 0. The fraction of sp³-hybridized carbons (Fsp3) is 0.0400. The summed E-state index contributed by atoms with van der Waals surface area (Å²) < 4.78 is 17.6. The Kier molecular flexibility index (Phi) is 6.65. The van der Waals surface area contributed by atoms with Crippen LogP contribution >= 0.6 is 0 Å². The van der Waals surface area contributed by atoms with Crippen molar-refractivity contribution in [2.24, 2.45) is 0 Å². The second-order valence-corrected chi connectivity index (χ2v) is 13.7. The van der Waals surface area contributed by atoms with Crippen molar-refractivity contribution in [3.63, 3.8) is 0 Å². The van der Waals surface area contributed by atoms with Gasteiger partial charge < -0.3 is 18.0 Å². The van der Waals surface area contributed by atoms with Crippen LogP contribution in [0.1, 0.15) is 13.8 Å². The van der Waals surface area contributed by atoms with Crippen molar-refractivity contribution in [1.29, 1.82) is 0 Å². The SMILES string of the molecule is CC.c1ccc2c(c1)oc1c(-n3c4ccccc4c4cc(-c5ccc6oc7ccc(-n8c9ccccc9c9ccccc98)cc7c6c5)ccc43)cccc12. The molecule has 4 heteroatoms. The minimum atomic E-state index is 0.884. The van der Waals surface area contributed by atoms with E-state index in [1.165, 1.54) is 32.6 Å². The van der Waals surface area contributed by atoms with Gasteiger partial charge in [0, 0.05) is 48.8 Å². The molecule has 4 aromatic heterocycles. The summed E-state index contributed by atoms with van der Waals surface area (Å²) in [5.74, 6) is 0. The number of furan rings is 2. The number of hydrogen-bond acceptors (Lipinski definition) is 2. The molecule has 0 spiro atoms. The standard InChI is InChI=1S/C48H28N2O2.C2H6/c1-5-15-40-32(10-1)33-11-2-6-16-41(33)49(40)31-22-25-47-39(28-31)38-27-30(21-24-46(38)51-47)29-20-23-43-37(26-29)34-12-3-7-17-42(34)50(43)44-18-9-14-36-35-13-4-8-19-45(35)52-48(36)44;1-2/h1-28H;1-2H3. The monoisotopic (exact) mass is 694 g/mol. The predicted octanol–water partition coefficient (Wildman–Crippen LogP) is 14.4. The number of para-hydroxylation sites is 5. The number of benzene rings is 8. The lowest BCUT2D eigenvalue weighted by Gasteiger charge is -2.09. The number of fused-ring (bicyclic) bond motifs is 12.